The Morgan fingerprint density at radius 3 is 2.05 bits per heavy atom. The van der Waals surface area contributed by atoms with E-state index < -0.39 is 17.9 Å². The number of nitrogens with zero attached hydrogens (tertiary/aromatic N) is 2. The molecule has 2 rings (SSSR count). The molecule has 0 aliphatic carbocycles. The zero-order valence-corrected chi connectivity index (χ0v) is 9.88. The lowest BCUT2D eigenvalue weighted by molar-refractivity contribution is -0.131. The molecule has 2 aromatic rings. The monoisotopic (exact) mass is 268 g/mol. The summed E-state index contributed by atoms with van der Waals surface area (Å²) in [5, 5.41) is 8.53. The summed E-state index contributed by atoms with van der Waals surface area (Å²) in [5.41, 5.74) is 0. The van der Waals surface area contributed by atoms with Crippen LogP contribution in [0.3, 0.4) is 0 Å². The van der Waals surface area contributed by atoms with Crippen LogP contribution in [-0.2, 0) is 4.79 Å². The summed E-state index contributed by atoms with van der Waals surface area (Å²) in [5.74, 6) is -1.40. The molecule has 0 aromatic carbocycles. The average molecular weight is 268 g/mol. The third-order valence-electron chi connectivity index (χ3n) is 1.67. The standard InChI is InChI=1S/C7H6FNO2.C5H4FNO/c1-5(10)11-6-2-3-7(8)9-4-6;6-5-2-1-4(8)3-7-5/h2-4H,1H3;1-3,8H. The van der Waals surface area contributed by atoms with Gasteiger partial charge in [-0.25, -0.2) is 9.97 Å². The number of hydrogen-bond donors (Lipinski definition) is 1. The summed E-state index contributed by atoms with van der Waals surface area (Å²) in [6.45, 7) is 1.27. The third-order valence-corrected chi connectivity index (χ3v) is 1.67. The number of carbonyl (C=O) groups excluding carboxylic acids is 1. The molecule has 0 amide bonds. The summed E-state index contributed by atoms with van der Waals surface area (Å²) in [4.78, 5) is 16.8. The summed E-state index contributed by atoms with van der Waals surface area (Å²) in [7, 11) is 0. The number of aromatic hydroxyl groups is 1. The largest absolute Gasteiger partial charge is 0.506 e. The molecule has 5 nitrogen and oxygen atoms in total. The van der Waals surface area contributed by atoms with Gasteiger partial charge in [0.25, 0.3) is 0 Å². The van der Waals surface area contributed by atoms with Gasteiger partial charge >= 0.3 is 5.97 Å². The number of halogens is 2. The molecule has 0 aliphatic rings. The highest BCUT2D eigenvalue weighted by molar-refractivity contribution is 5.69. The van der Waals surface area contributed by atoms with Gasteiger partial charge in [-0.2, -0.15) is 8.78 Å². The van der Waals surface area contributed by atoms with Crippen molar-refractivity contribution < 1.29 is 23.4 Å². The van der Waals surface area contributed by atoms with Crippen molar-refractivity contribution in [3.63, 3.8) is 0 Å². The fourth-order valence-electron chi connectivity index (χ4n) is 0.957. The molecule has 0 spiro atoms. The normalized spacial score (nSPS) is 9.21. The predicted molar refractivity (Wildman–Crippen MR) is 61.4 cm³/mol. The SMILES string of the molecule is CC(=O)Oc1ccc(F)nc1.Oc1ccc(F)nc1. The van der Waals surface area contributed by atoms with E-state index in [-0.39, 0.29) is 11.5 Å². The highest BCUT2D eigenvalue weighted by atomic mass is 19.1. The zero-order chi connectivity index (χ0) is 14.3. The van der Waals surface area contributed by atoms with Crippen molar-refractivity contribution in [2.75, 3.05) is 0 Å². The van der Waals surface area contributed by atoms with Gasteiger partial charge in [-0.15, -0.1) is 0 Å². The lowest BCUT2D eigenvalue weighted by atomic mass is 10.4. The number of ether oxygens (including phenoxy) is 1. The maximum Gasteiger partial charge on any atom is 0.308 e. The van der Waals surface area contributed by atoms with Crippen LogP contribution in [0, 0.1) is 11.9 Å². The van der Waals surface area contributed by atoms with Crippen LogP contribution in [-0.4, -0.2) is 21.0 Å². The molecule has 0 radical (unpaired) electrons. The Morgan fingerprint density at radius 1 is 1.11 bits per heavy atom. The molecule has 2 aromatic heterocycles. The Hall–Kier alpha value is -2.57. The van der Waals surface area contributed by atoms with Crippen molar-refractivity contribution in [2.24, 2.45) is 0 Å². The first-order valence-corrected chi connectivity index (χ1v) is 5.08. The van der Waals surface area contributed by atoms with Crippen LogP contribution in [0.15, 0.2) is 36.7 Å². The molecule has 7 heteroatoms. The van der Waals surface area contributed by atoms with E-state index in [1.54, 1.807) is 0 Å². The van der Waals surface area contributed by atoms with Gasteiger partial charge in [-0.1, -0.05) is 0 Å². The molecule has 0 bridgehead atoms. The molecule has 0 atom stereocenters. The van der Waals surface area contributed by atoms with Gasteiger partial charge in [-0.05, 0) is 24.3 Å². The van der Waals surface area contributed by atoms with E-state index in [0.717, 1.165) is 24.5 Å². The van der Waals surface area contributed by atoms with Crippen molar-refractivity contribution >= 4 is 5.97 Å². The van der Waals surface area contributed by atoms with Gasteiger partial charge in [-0.3, -0.25) is 4.79 Å². The average Bonchev–Trinajstić information content (AvgIpc) is 2.36. The van der Waals surface area contributed by atoms with E-state index in [0.29, 0.717) is 0 Å². The first-order chi connectivity index (χ1) is 8.97. The van der Waals surface area contributed by atoms with E-state index >= 15 is 0 Å². The van der Waals surface area contributed by atoms with Gasteiger partial charge in [0.05, 0.1) is 12.4 Å². The molecule has 1 N–H and O–H groups in total. The van der Waals surface area contributed by atoms with Crippen LogP contribution < -0.4 is 4.74 Å². The number of esters is 1. The number of rotatable bonds is 1. The number of hydrogen-bond acceptors (Lipinski definition) is 5. The minimum Gasteiger partial charge on any atom is -0.506 e. The van der Waals surface area contributed by atoms with E-state index in [9.17, 15) is 13.6 Å². The lowest BCUT2D eigenvalue weighted by Crippen LogP contribution is -2.01. The molecule has 0 saturated heterocycles. The van der Waals surface area contributed by atoms with E-state index in [2.05, 4.69) is 14.7 Å². The van der Waals surface area contributed by atoms with E-state index in [1.165, 1.54) is 19.1 Å². The van der Waals surface area contributed by atoms with Crippen molar-refractivity contribution in [3.8, 4) is 11.5 Å². The van der Waals surface area contributed by atoms with Crippen molar-refractivity contribution in [2.45, 2.75) is 6.92 Å². The van der Waals surface area contributed by atoms with Gasteiger partial charge in [0.2, 0.25) is 11.9 Å². The van der Waals surface area contributed by atoms with Gasteiger partial charge < -0.3 is 9.84 Å². The van der Waals surface area contributed by atoms with Crippen LogP contribution in [0.2, 0.25) is 0 Å². The van der Waals surface area contributed by atoms with Crippen molar-refractivity contribution in [1.29, 1.82) is 0 Å². The topological polar surface area (TPSA) is 72.3 Å². The molecular weight excluding hydrogens is 258 g/mol. The minimum atomic E-state index is -0.596. The van der Waals surface area contributed by atoms with E-state index in [1.807, 2.05) is 0 Å². The highest BCUT2D eigenvalue weighted by Crippen LogP contribution is 2.07. The van der Waals surface area contributed by atoms with Crippen LogP contribution >= 0.6 is 0 Å². The van der Waals surface area contributed by atoms with Crippen LogP contribution in [0.4, 0.5) is 8.78 Å². The molecule has 0 fully saturated rings. The Bertz CT molecular complexity index is 509. The van der Waals surface area contributed by atoms with Crippen LogP contribution in [0.25, 0.3) is 0 Å². The summed E-state index contributed by atoms with van der Waals surface area (Å²) < 4.78 is 28.6. The predicted octanol–water partition coefficient (Wildman–Crippen LogP) is 2.07. The fourth-order valence-corrected chi connectivity index (χ4v) is 0.957. The number of aromatic nitrogens is 2. The molecule has 0 unspecified atom stereocenters. The molecule has 0 saturated carbocycles. The second kappa shape index (κ2) is 7.00. The third kappa shape index (κ3) is 6.06. The van der Waals surface area contributed by atoms with Crippen molar-refractivity contribution in [3.05, 3.63) is 48.6 Å². The van der Waals surface area contributed by atoms with Gasteiger partial charge in [0.1, 0.15) is 11.5 Å². The molecule has 100 valence electrons. The second-order valence-corrected chi connectivity index (χ2v) is 3.25. The Labute approximate surface area is 107 Å². The Balaban J connectivity index is 0.000000200. The van der Waals surface area contributed by atoms with Gasteiger partial charge in [0.15, 0.2) is 0 Å². The van der Waals surface area contributed by atoms with Crippen molar-refractivity contribution in [1.82, 2.24) is 9.97 Å². The quantitative estimate of drug-likeness (QED) is 0.633. The highest BCUT2D eigenvalue weighted by Gasteiger charge is 1.97. The van der Waals surface area contributed by atoms with Gasteiger partial charge in [0, 0.05) is 6.92 Å². The minimum absolute atomic E-state index is 0.0219. The zero-order valence-electron chi connectivity index (χ0n) is 9.88. The summed E-state index contributed by atoms with van der Waals surface area (Å²) in [6, 6.07) is 4.79. The molecule has 2 heterocycles. The molecule has 19 heavy (non-hydrogen) atoms. The maximum absolute atomic E-state index is 12.2. The molecular formula is C12H10F2N2O3. The fraction of sp³-hybridized carbons (Fsp3) is 0.0833. The van der Waals surface area contributed by atoms with Crippen LogP contribution in [0.5, 0.6) is 11.5 Å². The number of carbonyl (C=O) groups is 1. The van der Waals surface area contributed by atoms with E-state index in [4.69, 9.17) is 5.11 Å². The summed E-state index contributed by atoms with van der Waals surface area (Å²) in [6.07, 6.45) is 2.20. The smallest absolute Gasteiger partial charge is 0.308 e. The molecule has 0 aliphatic heterocycles. The Morgan fingerprint density at radius 2 is 1.68 bits per heavy atom. The maximum atomic E-state index is 12.2. The Kier molecular flexibility index (Phi) is 5.34. The second-order valence-electron chi connectivity index (χ2n) is 3.25. The first kappa shape index (κ1) is 14.5. The van der Waals surface area contributed by atoms with Crippen LogP contribution in [0.1, 0.15) is 6.92 Å². The summed E-state index contributed by atoms with van der Waals surface area (Å²) >= 11 is 0. The number of pyridine rings is 2. The first-order valence-electron chi connectivity index (χ1n) is 5.08. The lowest BCUT2D eigenvalue weighted by Gasteiger charge is -1.97.